The monoisotopic (exact) mass is 453 g/mol. The summed E-state index contributed by atoms with van der Waals surface area (Å²) in [4.78, 5) is 16.6. The largest absolute Gasteiger partial charge is 0.486 e. The van der Waals surface area contributed by atoms with Crippen LogP contribution in [0.15, 0.2) is 46.3 Å². The number of rotatable bonds is 6. The van der Waals surface area contributed by atoms with E-state index in [1.54, 1.807) is 17.4 Å². The smallest absolute Gasteiger partial charge is 0.273 e. The molecule has 1 N–H and O–H groups in total. The second kappa shape index (κ2) is 9.75. The minimum absolute atomic E-state index is 0.182. The topological polar surface area (TPSA) is 76.8 Å². The number of aromatic nitrogens is 1. The molecule has 4 heterocycles. The summed E-state index contributed by atoms with van der Waals surface area (Å²) in [5, 5.41) is 9.18. The highest BCUT2D eigenvalue weighted by atomic mass is 32.1. The van der Waals surface area contributed by atoms with Crippen LogP contribution in [-0.4, -0.2) is 48.8 Å². The van der Waals surface area contributed by atoms with E-state index in [0.29, 0.717) is 37.0 Å². The first kappa shape index (κ1) is 21.0. The Labute approximate surface area is 191 Å². The highest BCUT2D eigenvalue weighted by Gasteiger charge is 2.24. The molecule has 168 valence electrons. The molecule has 1 saturated heterocycles. The molecule has 0 radical (unpaired) electrons. The molecule has 32 heavy (non-hydrogen) atoms. The first-order chi connectivity index (χ1) is 15.8. The second-order valence-electron chi connectivity index (χ2n) is 8.13. The van der Waals surface area contributed by atoms with Gasteiger partial charge in [-0.25, -0.2) is 0 Å². The maximum absolute atomic E-state index is 12.9. The predicted molar refractivity (Wildman–Crippen MR) is 122 cm³/mol. The number of nitrogens with zero attached hydrogens (tertiary/aromatic N) is 2. The molecule has 2 aliphatic heterocycles. The van der Waals surface area contributed by atoms with Crippen molar-refractivity contribution >= 4 is 17.2 Å². The molecule has 0 saturated carbocycles. The number of likely N-dealkylation sites (tertiary alicyclic amines) is 1. The molecular formula is C24H27N3O4S. The highest BCUT2D eigenvalue weighted by molar-refractivity contribution is 7.10. The standard InChI is InChI=1S/C24H27N3O4S/c28-24(25-16-19(23-6-5-13-32-23)27-9-3-1-2-4-10-27)18-15-21(31-26-18)17-7-8-20-22(14-17)30-12-11-29-20/h5-8,13-15,19H,1-4,9-12,16H2,(H,25,28)/t19-/m0/s1. The lowest BCUT2D eigenvalue weighted by atomic mass is 10.1. The summed E-state index contributed by atoms with van der Waals surface area (Å²) in [5.41, 5.74) is 1.07. The summed E-state index contributed by atoms with van der Waals surface area (Å²) in [7, 11) is 0. The van der Waals surface area contributed by atoms with Gasteiger partial charge in [-0.2, -0.15) is 0 Å². The molecule has 0 unspecified atom stereocenters. The van der Waals surface area contributed by atoms with Gasteiger partial charge in [0.25, 0.3) is 5.91 Å². The zero-order chi connectivity index (χ0) is 21.8. The van der Waals surface area contributed by atoms with Gasteiger partial charge >= 0.3 is 0 Å². The van der Waals surface area contributed by atoms with Crippen molar-refractivity contribution in [2.24, 2.45) is 0 Å². The number of amides is 1. The van der Waals surface area contributed by atoms with Crippen LogP contribution in [-0.2, 0) is 0 Å². The van der Waals surface area contributed by atoms with Crippen LogP contribution in [0.2, 0.25) is 0 Å². The second-order valence-corrected chi connectivity index (χ2v) is 9.11. The third kappa shape index (κ3) is 4.66. The molecule has 0 bridgehead atoms. The van der Waals surface area contributed by atoms with Crippen molar-refractivity contribution in [3.63, 3.8) is 0 Å². The minimum atomic E-state index is -0.228. The van der Waals surface area contributed by atoms with E-state index in [0.717, 1.165) is 18.7 Å². The van der Waals surface area contributed by atoms with Crippen LogP contribution >= 0.6 is 11.3 Å². The average Bonchev–Trinajstić information content (AvgIpc) is 3.47. The van der Waals surface area contributed by atoms with E-state index >= 15 is 0 Å². The molecule has 1 amide bonds. The number of carbonyl (C=O) groups is 1. The van der Waals surface area contributed by atoms with Gasteiger partial charge in [0.1, 0.15) is 13.2 Å². The number of fused-ring (bicyclic) bond motifs is 1. The van der Waals surface area contributed by atoms with Gasteiger partial charge in [-0.15, -0.1) is 11.3 Å². The Morgan fingerprint density at radius 2 is 1.88 bits per heavy atom. The normalized spacial score (nSPS) is 17.5. The van der Waals surface area contributed by atoms with Crippen molar-refractivity contribution in [1.82, 2.24) is 15.4 Å². The van der Waals surface area contributed by atoms with Crippen LogP contribution in [0.3, 0.4) is 0 Å². The third-order valence-corrected chi connectivity index (χ3v) is 6.95. The summed E-state index contributed by atoms with van der Waals surface area (Å²) in [6, 6.07) is 11.7. The molecular weight excluding hydrogens is 426 g/mol. The SMILES string of the molecule is O=C(NC[C@@H](c1cccs1)N1CCCCCC1)c1cc(-c2ccc3c(c2)OCCO3)on1. The molecule has 8 heteroatoms. The zero-order valence-electron chi connectivity index (χ0n) is 17.9. The Morgan fingerprint density at radius 3 is 2.66 bits per heavy atom. The van der Waals surface area contributed by atoms with Crippen LogP contribution < -0.4 is 14.8 Å². The van der Waals surface area contributed by atoms with E-state index in [-0.39, 0.29) is 17.6 Å². The molecule has 7 nitrogen and oxygen atoms in total. The maximum atomic E-state index is 12.9. The molecule has 1 aromatic carbocycles. The number of thiophene rings is 1. The van der Waals surface area contributed by atoms with Crippen molar-refractivity contribution < 1.29 is 18.8 Å². The number of hydrogen-bond donors (Lipinski definition) is 1. The highest BCUT2D eigenvalue weighted by Crippen LogP contribution is 2.34. The van der Waals surface area contributed by atoms with Gasteiger partial charge in [-0.1, -0.05) is 24.1 Å². The van der Waals surface area contributed by atoms with E-state index in [9.17, 15) is 4.79 Å². The van der Waals surface area contributed by atoms with Crippen LogP contribution in [0.5, 0.6) is 11.5 Å². The summed E-state index contributed by atoms with van der Waals surface area (Å²) < 4.78 is 16.7. The zero-order valence-corrected chi connectivity index (χ0v) is 18.7. The lowest BCUT2D eigenvalue weighted by Crippen LogP contribution is -2.38. The summed E-state index contributed by atoms with van der Waals surface area (Å²) >= 11 is 1.74. The van der Waals surface area contributed by atoms with E-state index in [1.165, 1.54) is 30.6 Å². The van der Waals surface area contributed by atoms with E-state index in [4.69, 9.17) is 14.0 Å². The number of benzene rings is 1. The quantitative estimate of drug-likeness (QED) is 0.591. The number of ether oxygens (including phenoxy) is 2. The lowest BCUT2D eigenvalue weighted by Gasteiger charge is -2.30. The van der Waals surface area contributed by atoms with Crippen LogP contribution in [0.4, 0.5) is 0 Å². The third-order valence-electron chi connectivity index (χ3n) is 5.98. The summed E-state index contributed by atoms with van der Waals surface area (Å²) in [5.74, 6) is 1.68. The molecule has 2 aliphatic rings. The number of carbonyl (C=O) groups excluding carboxylic acids is 1. The van der Waals surface area contributed by atoms with Crippen LogP contribution in [0.25, 0.3) is 11.3 Å². The Kier molecular flexibility index (Phi) is 6.41. The average molecular weight is 454 g/mol. The summed E-state index contributed by atoms with van der Waals surface area (Å²) in [6.07, 6.45) is 4.97. The Morgan fingerprint density at radius 1 is 1.06 bits per heavy atom. The molecule has 5 rings (SSSR count). The molecule has 1 atom stereocenters. The van der Waals surface area contributed by atoms with Crippen molar-refractivity contribution in [2.75, 3.05) is 32.8 Å². The first-order valence-electron chi connectivity index (χ1n) is 11.2. The van der Waals surface area contributed by atoms with E-state index in [2.05, 4.69) is 32.9 Å². The van der Waals surface area contributed by atoms with Gasteiger partial charge in [-0.3, -0.25) is 9.69 Å². The molecule has 1 fully saturated rings. The maximum Gasteiger partial charge on any atom is 0.273 e. The van der Waals surface area contributed by atoms with Crippen molar-refractivity contribution in [3.8, 4) is 22.8 Å². The van der Waals surface area contributed by atoms with Gasteiger partial charge in [0.15, 0.2) is 23.0 Å². The lowest BCUT2D eigenvalue weighted by molar-refractivity contribution is 0.0925. The van der Waals surface area contributed by atoms with E-state index in [1.807, 2.05) is 18.2 Å². The fraction of sp³-hybridized carbons (Fsp3) is 0.417. The fourth-order valence-corrected chi connectivity index (χ4v) is 5.15. The minimum Gasteiger partial charge on any atom is -0.486 e. The predicted octanol–water partition coefficient (Wildman–Crippen LogP) is 4.52. The first-order valence-corrected chi connectivity index (χ1v) is 12.1. The number of hydrogen-bond acceptors (Lipinski definition) is 7. The molecule has 3 aromatic rings. The van der Waals surface area contributed by atoms with Crippen molar-refractivity contribution in [1.29, 1.82) is 0 Å². The Hall–Kier alpha value is -2.84. The Bertz CT molecular complexity index is 1040. The van der Waals surface area contributed by atoms with Crippen LogP contribution in [0, 0.1) is 0 Å². The van der Waals surface area contributed by atoms with Gasteiger partial charge < -0.3 is 19.3 Å². The van der Waals surface area contributed by atoms with Gasteiger partial charge in [0, 0.05) is 23.1 Å². The molecule has 2 aromatic heterocycles. The fourth-order valence-electron chi connectivity index (χ4n) is 4.29. The Balaban J connectivity index is 1.27. The van der Waals surface area contributed by atoms with Crippen molar-refractivity contribution in [3.05, 3.63) is 52.3 Å². The summed E-state index contributed by atoms with van der Waals surface area (Å²) in [6.45, 7) is 3.74. The van der Waals surface area contributed by atoms with Crippen LogP contribution in [0.1, 0.15) is 47.1 Å². The van der Waals surface area contributed by atoms with Gasteiger partial charge in [0.2, 0.25) is 0 Å². The molecule has 0 spiro atoms. The van der Waals surface area contributed by atoms with Gasteiger partial charge in [-0.05, 0) is 55.6 Å². The van der Waals surface area contributed by atoms with Gasteiger partial charge in [0.05, 0.1) is 6.04 Å². The van der Waals surface area contributed by atoms with E-state index < -0.39 is 0 Å². The molecule has 0 aliphatic carbocycles. The van der Waals surface area contributed by atoms with Crippen molar-refractivity contribution in [2.45, 2.75) is 31.7 Å². The number of nitrogens with one attached hydrogen (secondary N) is 1.